The van der Waals surface area contributed by atoms with E-state index >= 15 is 0 Å². The lowest BCUT2D eigenvalue weighted by molar-refractivity contribution is -0.136. The summed E-state index contributed by atoms with van der Waals surface area (Å²) >= 11 is 0. The van der Waals surface area contributed by atoms with E-state index in [1.165, 1.54) is 25.7 Å². The first kappa shape index (κ1) is 17.9. The van der Waals surface area contributed by atoms with Gasteiger partial charge in [-0.3, -0.25) is 14.5 Å². The number of methoxy groups -OCH3 is 1. The van der Waals surface area contributed by atoms with Crippen molar-refractivity contribution in [2.24, 2.45) is 0 Å². The van der Waals surface area contributed by atoms with Gasteiger partial charge in [-0.25, -0.2) is 0 Å². The van der Waals surface area contributed by atoms with Crippen LogP contribution in [0.3, 0.4) is 0 Å². The second kappa shape index (κ2) is 8.45. The smallest absolute Gasteiger partial charge is 0.313 e. The first-order valence-electron chi connectivity index (χ1n) is 9.10. The predicted molar refractivity (Wildman–Crippen MR) is 96.2 cm³/mol. The van der Waals surface area contributed by atoms with Crippen LogP contribution in [0.2, 0.25) is 0 Å². The summed E-state index contributed by atoms with van der Waals surface area (Å²) < 4.78 is 5.12. The van der Waals surface area contributed by atoms with Crippen LogP contribution in [0, 0.1) is 0 Å². The molecular weight excluding hydrogens is 318 g/mol. The number of ether oxygens (including phenoxy) is 1. The molecule has 136 valence electrons. The average molecular weight is 345 g/mol. The quantitative estimate of drug-likeness (QED) is 0.800. The third-order valence-corrected chi connectivity index (χ3v) is 5.17. The summed E-state index contributed by atoms with van der Waals surface area (Å²) in [6, 6.07) is 8.07. The summed E-state index contributed by atoms with van der Waals surface area (Å²) in [7, 11) is 1.60. The SMILES string of the molecule is COCc1ccccc1NC(=O)C(=O)N[C@@H]1CCN(C2CCCC2)C1. The van der Waals surface area contributed by atoms with Gasteiger partial charge in [-0.05, 0) is 25.3 Å². The minimum Gasteiger partial charge on any atom is -0.380 e. The van der Waals surface area contributed by atoms with Crippen LogP contribution in [-0.2, 0) is 20.9 Å². The van der Waals surface area contributed by atoms with Crippen molar-refractivity contribution in [2.75, 3.05) is 25.5 Å². The van der Waals surface area contributed by atoms with Crippen LogP contribution >= 0.6 is 0 Å². The molecular formula is C19H27N3O3. The van der Waals surface area contributed by atoms with E-state index < -0.39 is 11.8 Å². The highest BCUT2D eigenvalue weighted by atomic mass is 16.5. The molecule has 1 aromatic rings. The van der Waals surface area contributed by atoms with E-state index in [1.54, 1.807) is 13.2 Å². The van der Waals surface area contributed by atoms with Crippen LogP contribution in [0.25, 0.3) is 0 Å². The lowest BCUT2D eigenvalue weighted by Crippen LogP contribution is -2.44. The molecule has 2 aliphatic rings. The summed E-state index contributed by atoms with van der Waals surface area (Å²) in [4.78, 5) is 26.9. The maximum Gasteiger partial charge on any atom is 0.313 e. The van der Waals surface area contributed by atoms with Gasteiger partial charge in [0.2, 0.25) is 0 Å². The number of carbonyl (C=O) groups excluding carboxylic acids is 2. The molecule has 6 heteroatoms. The zero-order chi connectivity index (χ0) is 17.6. The van der Waals surface area contributed by atoms with Gasteiger partial charge in [-0.2, -0.15) is 0 Å². The summed E-state index contributed by atoms with van der Waals surface area (Å²) in [5.74, 6) is -1.19. The van der Waals surface area contributed by atoms with E-state index in [0.29, 0.717) is 18.3 Å². The van der Waals surface area contributed by atoms with E-state index in [0.717, 1.165) is 25.1 Å². The molecule has 0 bridgehead atoms. The lowest BCUT2D eigenvalue weighted by Gasteiger charge is -2.23. The number of nitrogens with one attached hydrogen (secondary N) is 2. The molecule has 3 rings (SSSR count). The Balaban J connectivity index is 1.51. The third kappa shape index (κ3) is 4.58. The topological polar surface area (TPSA) is 70.7 Å². The van der Waals surface area contributed by atoms with Crippen molar-refractivity contribution in [3.05, 3.63) is 29.8 Å². The molecule has 25 heavy (non-hydrogen) atoms. The molecule has 1 saturated heterocycles. The number of likely N-dealkylation sites (tertiary alicyclic amines) is 1. The molecule has 1 heterocycles. The number of hydrogen-bond acceptors (Lipinski definition) is 4. The molecule has 1 aliphatic carbocycles. The van der Waals surface area contributed by atoms with Crippen molar-refractivity contribution >= 4 is 17.5 Å². The highest BCUT2D eigenvalue weighted by Crippen LogP contribution is 2.26. The first-order valence-corrected chi connectivity index (χ1v) is 9.10. The number of benzene rings is 1. The van der Waals surface area contributed by atoms with Crippen molar-refractivity contribution in [3.63, 3.8) is 0 Å². The number of hydrogen-bond donors (Lipinski definition) is 2. The monoisotopic (exact) mass is 345 g/mol. The van der Waals surface area contributed by atoms with E-state index in [-0.39, 0.29) is 6.04 Å². The number of para-hydroxylation sites is 1. The minimum atomic E-state index is -0.622. The normalized spacial score (nSPS) is 21.4. The van der Waals surface area contributed by atoms with Gasteiger partial charge in [-0.1, -0.05) is 31.0 Å². The number of carbonyl (C=O) groups is 2. The maximum atomic E-state index is 12.2. The third-order valence-electron chi connectivity index (χ3n) is 5.17. The van der Waals surface area contributed by atoms with E-state index in [9.17, 15) is 9.59 Å². The van der Waals surface area contributed by atoms with Gasteiger partial charge in [0.25, 0.3) is 0 Å². The Morgan fingerprint density at radius 2 is 1.92 bits per heavy atom. The van der Waals surface area contributed by atoms with Crippen LogP contribution in [0.4, 0.5) is 5.69 Å². The van der Waals surface area contributed by atoms with E-state index in [1.807, 2.05) is 18.2 Å². The van der Waals surface area contributed by atoms with Crippen molar-refractivity contribution < 1.29 is 14.3 Å². The van der Waals surface area contributed by atoms with E-state index in [4.69, 9.17) is 4.74 Å². The van der Waals surface area contributed by atoms with Crippen molar-refractivity contribution in [1.82, 2.24) is 10.2 Å². The number of anilines is 1. The Hall–Kier alpha value is -1.92. The standard InChI is InChI=1S/C19H27N3O3/c1-25-13-14-6-2-5-9-17(14)21-19(24)18(23)20-15-10-11-22(12-15)16-7-3-4-8-16/h2,5-6,9,15-16H,3-4,7-8,10-13H2,1H3,(H,20,23)(H,21,24)/t15-/m1/s1. The molecule has 0 radical (unpaired) electrons. The molecule has 2 N–H and O–H groups in total. The zero-order valence-electron chi connectivity index (χ0n) is 14.8. The lowest BCUT2D eigenvalue weighted by atomic mass is 10.2. The molecule has 2 amide bonds. The number of nitrogens with zero attached hydrogens (tertiary/aromatic N) is 1. The van der Waals surface area contributed by atoms with Crippen molar-refractivity contribution in [2.45, 2.75) is 50.8 Å². The molecule has 0 spiro atoms. The maximum absolute atomic E-state index is 12.2. The molecule has 0 unspecified atom stereocenters. The van der Waals surface area contributed by atoms with Crippen LogP contribution in [0.15, 0.2) is 24.3 Å². The summed E-state index contributed by atoms with van der Waals surface area (Å²) in [6.07, 6.45) is 6.05. The number of amides is 2. The van der Waals surface area contributed by atoms with E-state index in [2.05, 4.69) is 15.5 Å². The first-order chi connectivity index (χ1) is 12.2. The second-order valence-corrected chi connectivity index (χ2v) is 6.94. The molecule has 2 fully saturated rings. The van der Waals surface area contributed by atoms with Crippen LogP contribution in [-0.4, -0.2) is 49.0 Å². The van der Waals surface area contributed by atoms with Gasteiger partial charge in [-0.15, -0.1) is 0 Å². The fourth-order valence-corrected chi connectivity index (χ4v) is 3.86. The Labute approximate surface area is 148 Å². The van der Waals surface area contributed by atoms with Crippen LogP contribution in [0.5, 0.6) is 0 Å². The molecule has 1 aliphatic heterocycles. The zero-order valence-corrected chi connectivity index (χ0v) is 14.8. The molecule has 1 aromatic carbocycles. The molecule has 6 nitrogen and oxygen atoms in total. The van der Waals surface area contributed by atoms with Crippen LogP contribution in [0.1, 0.15) is 37.7 Å². The molecule has 1 atom stereocenters. The van der Waals surface area contributed by atoms with Gasteiger partial charge in [0.1, 0.15) is 0 Å². The Morgan fingerprint density at radius 1 is 1.16 bits per heavy atom. The summed E-state index contributed by atoms with van der Waals surface area (Å²) in [5, 5.41) is 5.57. The fourth-order valence-electron chi connectivity index (χ4n) is 3.86. The van der Waals surface area contributed by atoms with Gasteiger partial charge in [0.15, 0.2) is 0 Å². The largest absolute Gasteiger partial charge is 0.380 e. The van der Waals surface area contributed by atoms with Crippen molar-refractivity contribution in [1.29, 1.82) is 0 Å². The average Bonchev–Trinajstić information content (AvgIpc) is 3.28. The Kier molecular flexibility index (Phi) is 6.04. The van der Waals surface area contributed by atoms with Crippen LogP contribution < -0.4 is 10.6 Å². The molecule has 0 aromatic heterocycles. The summed E-state index contributed by atoms with van der Waals surface area (Å²) in [6.45, 7) is 2.24. The minimum absolute atomic E-state index is 0.0630. The highest BCUT2D eigenvalue weighted by Gasteiger charge is 2.31. The van der Waals surface area contributed by atoms with Gasteiger partial charge >= 0.3 is 11.8 Å². The van der Waals surface area contributed by atoms with Gasteiger partial charge in [0, 0.05) is 43.5 Å². The fraction of sp³-hybridized carbons (Fsp3) is 0.579. The Bertz CT molecular complexity index is 614. The predicted octanol–water partition coefficient (Wildman–Crippen LogP) is 1.90. The van der Waals surface area contributed by atoms with Crippen molar-refractivity contribution in [3.8, 4) is 0 Å². The Morgan fingerprint density at radius 3 is 2.68 bits per heavy atom. The highest BCUT2D eigenvalue weighted by molar-refractivity contribution is 6.39. The summed E-state index contributed by atoms with van der Waals surface area (Å²) in [5.41, 5.74) is 1.46. The van der Waals surface area contributed by atoms with Gasteiger partial charge in [0.05, 0.1) is 6.61 Å². The number of rotatable bonds is 5. The van der Waals surface area contributed by atoms with Gasteiger partial charge < -0.3 is 15.4 Å². The molecule has 1 saturated carbocycles. The second-order valence-electron chi connectivity index (χ2n) is 6.94.